The first-order chi connectivity index (χ1) is 13.6. The highest BCUT2D eigenvalue weighted by atomic mass is 79.9. The first-order valence-corrected chi connectivity index (χ1v) is 9.14. The molecule has 0 aliphatic heterocycles. The summed E-state index contributed by atoms with van der Waals surface area (Å²) in [6.45, 7) is 3.55. The Labute approximate surface area is 172 Å². The van der Waals surface area contributed by atoms with Crippen LogP contribution in [0.4, 0.5) is 28.0 Å². The maximum atomic E-state index is 12.9. The van der Waals surface area contributed by atoms with Crippen LogP contribution < -0.4 is 10.1 Å². The van der Waals surface area contributed by atoms with Crippen molar-refractivity contribution in [2.24, 2.45) is 4.99 Å². The molecule has 2 amide bonds. The van der Waals surface area contributed by atoms with E-state index in [9.17, 15) is 22.4 Å². The number of nitrogens with one attached hydrogen (secondary N) is 1. The molecule has 0 aliphatic carbocycles. The molecule has 0 aliphatic rings. The fourth-order valence-corrected chi connectivity index (χ4v) is 2.51. The third kappa shape index (κ3) is 6.74. The van der Waals surface area contributed by atoms with E-state index < -0.39 is 24.3 Å². The fourth-order valence-electron chi connectivity index (χ4n) is 2.06. The van der Waals surface area contributed by atoms with Crippen LogP contribution in [0.15, 0.2) is 58.0 Å². The average molecular weight is 477 g/mol. The van der Waals surface area contributed by atoms with Crippen molar-refractivity contribution in [2.75, 3.05) is 5.32 Å². The Morgan fingerprint density at radius 3 is 2.28 bits per heavy atom. The molecule has 0 saturated carbocycles. The molecule has 0 spiro atoms. The number of ether oxygens (including phenoxy) is 2. The highest BCUT2D eigenvalue weighted by Crippen LogP contribution is 2.28. The lowest BCUT2D eigenvalue weighted by molar-refractivity contribution is -0.253. The van der Waals surface area contributed by atoms with Crippen LogP contribution in [0, 0.1) is 0 Å². The van der Waals surface area contributed by atoms with E-state index in [1.165, 1.54) is 12.1 Å². The molecule has 2 aromatic carbocycles. The van der Waals surface area contributed by atoms with Gasteiger partial charge in [0.25, 0.3) is 0 Å². The number of carbonyl (C=O) groups is 1. The van der Waals surface area contributed by atoms with Crippen LogP contribution in [0.5, 0.6) is 5.75 Å². The van der Waals surface area contributed by atoms with Gasteiger partial charge in [-0.1, -0.05) is 12.1 Å². The zero-order chi connectivity index (χ0) is 21.6. The van der Waals surface area contributed by atoms with Crippen molar-refractivity contribution >= 4 is 33.5 Å². The van der Waals surface area contributed by atoms with Crippen LogP contribution in [0.2, 0.25) is 0 Å². The quantitative estimate of drug-likeness (QED) is 0.311. The molecule has 0 unspecified atom stereocenters. The highest BCUT2D eigenvalue weighted by molar-refractivity contribution is 9.10. The number of alkyl halides is 4. The van der Waals surface area contributed by atoms with Gasteiger partial charge in [-0.3, -0.25) is 0 Å². The third-order valence-electron chi connectivity index (χ3n) is 3.27. The van der Waals surface area contributed by atoms with Crippen molar-refractivity contribution in [3.05, 3.63) is 58.6 Å². The number of benzene rings is 2. The molecule has 1 N–H and O–H groups in total. The van der Waals surface area contributed by atoms with Crippen molar-refractivity contribution < 1.29 is 31.8 Å². The van der Waals surface area contributed by atoms with Crippen LogP contribution in [-0.2, 0) is 4.74 Å². The number of carbonyl (C=O) groups excluding carboxylic acids is 1. The summed E-state index contributed by atoms with van der Waals surface area (Å²) in [5.41, 5.74) is 0.761. The second kappa shape index (κ2) is 9.73. The van der Waals surface area contributed by atoms with Gasteiger partial charge >= 0.3 is 18.6 Å². The zero-order valence-corrected chi connectivity index (χ0v) is 16.9. The Bertz CT molecular complexity index is 874. The maximum absolute atomic E-state index is 12.9. The molecule has 5 nitrogen and oxygen atoms in total. The molecule has 0 aromatic heterocycles. The van der Waals surface area contributed by atoms with E-state index in [1.54, 1.807) is 38.1 Å². The van der Waals surface area contributed by atoms with E-state index >= 15 is 0 Å². The highest BCUT2D eigenvalue weighted by Gasteiger charge is 2.43. The van der Waals surface area contributed by atoms with E-state index in [2.05, 4.69) is 31.0 Å². The van der Waals surface area contributed by atoms with Crippen LogP contribution in [0.3, 0.4) is 0 Å². The van der Waals surface area contributed by atoms with Crippen LogP contribution in [0.1, 0.15) is 19.4 Å². The molecule has 0 saturated heterocycles. The van der Waals surface area contributed by atoms with Gasteiger partial charge in [-0.15, -0.1) is 0 Å². The summed E-state index contributed by atoms with van der Waals surface area (Å²) < 4.78 is 60.4. The number of hydrogen-bond donors (Lipinski definition) is 1. The summed E-state index contributed by atoms with van der Waals surface area (Å²) in [7, 11) is 0. The van der Waals surface area contributed by atoms with Gasteiger partial charge in [0.2, 0.25) is 5.90 Å². The normalized spacial score (nSPS) is 12.2. The van der Waals surface area contributed by atoms with E-state index in [0.717, 1.165) is 12.1 Å². The van der Waals surface area contributed by atoms with Gasteiger partial charge in [0.15, 0.2) is 0 Å². The first-order valence-electron chi connectivity index (χ1n) is 8.34. The molecule has 2 rings (SSSR count). The molecular formula is C19H17BrF4N2O3. The van der Waals surface area contributed by atoms with Crippen molar-refractivity contribution in [1.82, 2.24) is 0 Å². The van der Waals surface area contributed by atoms with Gasteiger partial charge in [0, 0.05) is 10.2 Å². The predicted octanol–water partition coefficient (Wildman–Crippen LogP) is 6.09. The van der Waals surface area contributed by atoms with Crippen molar-refractivity contribution in [2.45, 2.75) is 32.5 Å². The number of amides is 2. The standard InChI is InChI=1S/C19H17BrF4N2O3/c1-11(2)28-16(14-5-3-4-6-15(14)20)26-18(27)25-12-7-9-13(10-8-12)29-19(23,24)17(21)22/h3-11,17H,1-2H3,(H,25,27). The van der Waals surface area contributed by atoms with E-state index in [4.69, 9.17) is 4.74 Å². The van der Waals surface area contributed by atoms with Gasteiger partial charge in [-0.2, -0.15) is 22.6 Å². The lowest BCUT2D eigenvalue weighted by Gasteiger charge is -2.17. The molecule has 0 fully saturated rings. The summed E-state index contributed by atoms with van der Waals surface area (Å²) in [5, 5.41) is 2.43. The third-order valence-corrected chi connectivity index (χ3v) is 3.96. The Hall–Kier alpha value is -2.62. The minimum atomic E-state index is -4.61. The smallest absolute Gasteiger partial charge is 0.461 e. The Balaban J connectivity index is 2.14. The van der Waals surface area contributed by atoms with E-state index in [-0.39, 0.29) is 17.7 Å². The van der Waals surface area contributed by atoms with Gasteiger partial charge in [0.1, 0.15) is 5.75 Å². The first kappa shape index (κ1) is 22.7. The summed E-state index contributed by atoms with van der Waals surface area (Å²) in [5.74, 6) is -0.393. The zero-order valence-electron chi connectivity index (χ0n) is 15.3. The minimum absolute atomic E-state index is 0.0847. The van der Waals surface area contributed by atoms with Gasteiger partial charge in [-0.05, 0) is 66.2 Å². The van der Waals surface area contributed by atoms with Crippen molar-refractivity contribution in [1.29, 1.82) is 0 Å². The minimum Gasteiger partial charge on any atom is -0.474 e. The monoisotopic (exact) mass is 476 g/mol. The second-order valence-electron chi connectivity index (χ2n) is 5.98. The van der Waals surface area contributed by atoms with Crippen LogP contribution in [-0.4, -0.2) is 30.6 Å². The summed E-state index contributed by atoms with van der Waals surface area (Å²) in [4.78, 5) is 16.2. The number of hydrogen-bond acceptors (Lipinski definition) is 3. The largest absolute Gasteiger partial charge is 0.474 e. The number of urea groups is 1. The number of nitrogens with zero attached hydrogens (tertiary/aromatic N) is 1. The number of anilines is 1. The molecule has 2 aromatic rings. The van der Waals surface area contributed by atoms with Gasteiger partial charge in [-0.25, -0.2) is 4.79 Å². The lowest BCUT2D eigenvalue weighted by Crippen LogP contribution is -2.33. The average Bonchev–Trinajstić information content (AvgIpc) is 2.62. The topological polar surface area (TPSA) is 59.9 Å². The molecule has 0 heterocycles. The van der Waals surface area contributed by atoms with Gasteiger partial charge in [0.05, 0.1) is 11.7 Å². The molecule has 0 atom stereocenters. The van der Waals surface area contributed by atoms with Crippen LogP contribution >= 0.6 is 15.9 Å². The molecule has 0 bridgehead atoms. The van der Waals surface area contributed by atoms with Gasteiger partial charge < -0.3 is 14.8 Å². The summed E-state index contributed by atoms with van der Waals surface area (Å²) >= 11 is 3.36. The van der Waals surface area contributed by atoms with Crippen molar-refractivity contribution in [3.63, 3.8) is 0 Å². The van der Waals surface area contributed by atoms with E-state index in [0.29, 0.717) is 10.0 Å². The molecular weight excluding hydrogens is 460 g/mol. The van der Waals surface area contributed by atoms with Crippen LogP contribution in [0.25, 0.3) is 0 Å². The number of aliphatic imine (C=N–C) groups is 1. The molecule has 10 heteroatoms. The SMILES string of the molecule is CC(C)OC(=NC(=O)Nc1ccc(OC(F)(F)C(F)F)cc1)c1ccccc1Br. The Morgan fingerprint density at radius 2 is 1.72 bits per heavy atom. The number of halogens is 5. The van der Waals surface area contributed by atoms with E-state index in [1.807, 2.05) is 0 Å². The Kier molecular flexibility index (Phi) is 7.60. The maximum Gasteiger partial charge on any atom is 0.461 e. The molecule has 29 heavy (non-hydrogen) atoms. The summed E-state index contributed by atoms with van der Waals surface area (Å²) in [6.07, 6.45) is -8.82. The lowest BCUT2D eigenvalue weighted by atomic mass is 10.2. The van der Waals surface area contributed by atoms with Crippen molar-refractivity contribution in [3.8, 4) is 5.75 Å². The Morgan fingerprint density at radius 1 is 1.10 bits per heavy atom. The second-order valence-corrected chi connectivity index (χ2v) is 6.84. The number of rotatable bonds is 6. The fraction of sp³-hybridized carbons (Fsp3) is 0.263. The molecule has 156 valence electrons. The molecule has 0 radical (unpaired) electrons. The summed E-state index contributed by atoms with van der Waals surface area (Å²) in [6, 6.07) is 10.7. The predicted molar refractivity (Wildman–Crippen MR) is 104 cm³/mol.